The number of benzene rings is 3. The van der Waals surface area contributed by atoms with Crippen molar-refractivity contribution >= 4 is 12.1 Å². The van der Waals surface area contributed by atoms with E-state index in [1.54, 1.807) is 30.3 Å². The van der Waals surface area contributed by atoms with Crippen molar-refractivity contribution in [3.8, 4) is 5.75 Å². The molecule has 4 rings (SSSR count). The van der Waals surface area contributed by atoms with Gasteiger partial charge in [-0.3, -0.25) is 0 Å². The summed E-state index contributed by atoms with van der Waals surface area (Å²) in [5.74, 6) is -2.22. The van der Waals surface area contributed by atoms with Crippen LogP contribution in [-0.4, -0.2) is 35.4 Å². The van der Waals surface area contributed by atoms with Crippen LogP contribution in [0.3, 0.4) is 0 Å². The minimum atomic E-state index is -1.22. The average molecular weight is 469 g/mol. The molecule has 1 heterocycles. The van der Waals surface area contributed by atoms with Gasteiger partial charge in [0.2, 0.25) is 0 Å². The van der Waals surface area contributed by atoms with Gasteiger partial charge in [-0.05, 0) is 47.4 Å². The molecule has 0 radical (unpaired) electrons. The predicted molar refractivity (Wildman–Crippen MR) is 116 cm³/mol. The number of rotatable bonds is 7. The summed E-state index contributed by atoms with van der Waals surface area (Å²) in [4.78, 5) is 28.9. The van der Waals surface area contributed by atoms with E-state index in [4.69, 9.17) is 19.4 Å². The molecule has 9 heteroatoms. The second kappa shape index (κ2) is 10.3. The predicted octanol–water partition coefficient (Wildman–Crippen LogP) is 4.64. The Labute approximate surface area is 194 Å². The van der Waals surface area contributed by atoms with Crippen molar-refractivity contribution in [3.05, 3.63) is 101 Å². The third kappa shape index (κ3) is 5.32. The van der Waals surface area contributed by atoms with E-state index in [-0.39, 0.29) is 30.9 Å². The van der Waals surface area contributed by atoms with E-state index in [2.05, 4.69) is 0 Å². The van der Waals surface area contributed by atoms with Crippen molar-refractivity contribution in [2.45, 2.75) is 19.1 Å². The first-order valence-electron chi connectivity index (χ1n) is 10.5. The van der Waals surface area contributed by atoms with Crippen molar-refractivity contribution in [3.63, 3.8) is 0 Å². The van der Waals surface area contributed by atoms with Gasteiger partial charge in [-0.1, -0.05) is 42.5 Å². The molecule has 0 aliphatic carbocycles. The van der Waals surface area contributed by atoms with Crippen molar-refractivity contribution in [1.29, 1.82) is 0 Å². The van der Waals surface area contributed by atoms with Crippen LogP contribution < -0.4 is 4.74 Å². The van der Waals surface area contributed by atoms with E-state index >= 15 is 0 Å². The van der Waals surface area contributed by atoms with Crippen molar-refractivity contribution < 1.29 is 37.8 Å². The molecular weight excluding hydrogens is 448 g/mol. The van der Waals surface area contributed by atoms with Crippen molar-refractivity contribution in [2.75, 3.05) is 13.2 Å². The standard InChI is InChI=1S/C25H21F2NO6/c26-17-9-10-22(32-15-23(29)30)20(13-17)24-19-7-4-8-21(27)18(19)11-12-28(24)34-25(31)33-14-16-5-2-1-3-6-16/h1-10,13,24H,11-12,14-15H2,(H,29,30). The molecule has 1 aliphatic heterocycles. The molecule has 1 atom stereocenters. The van der Waals surface area contributed by atoms with E-state index in [1.165, 1.54) is 23.3 Å². The highest BCUT2D eigenvalue weighted by molar-refractivity contribution is 5.68. The summed E-state index contributed by atoms with van der Waals surface area (Å²) in [6.07, 6.45) is -0.761. The Hall–Kier alpha value is -3.98. The van der Waals surface area contributed by atoms with E-state index in [1.807, 2.05) is 6.07 Å². The maximum absolute atomic E-state index is 14.6. The Balaban J connectivity index is 1.65. The minimum absolute atomic E-state index is 0.0175. The molecule has 3 aromatic rings. The maximum atomic E-state index is 14.6. The minimum Gasteiger partial charge on any atom is -0.482 e. The van der Waals surface area contributed by atoms with Crippen LogP contribution >= 0.6 is 0 Å². The summed E-state index contributed by atoms with van der Waals surface area (Å²) >= 11 is 0. The Morgan fingerprint density at radius 3 is 2.56 bits per heavy atom. The van der Waals surface area contributed by atoms with Crippen LogP contribution in [-0.2, 0) is 27.4 Å². The zero-order chi connectivity index (χ0) is 24.1. The van der Waals surface area contributed by atoms with E-state index < -0.39 is 36.4 Å². The van der Waals surface area contributed by atoms with E-state index in [9.17, 15) is 18.4 Å². The zero-order valence-electron chi connectivity index (χ0n) is 17.9. The van der Waals surface area contributed by atoms with Gasteiger partial charge in [0, 0.05) is 12.1 Å². The van der Waals surface area contributed by atoms with E-state index in [0.29, 0.717) is 11.1 Å². The van der Waals surface area contributed by atoms with Gasteiger partial charge < -0.3 is 19.4 Å². The van der Waals surface area contributed by atoms with Crippen LogP contribution in [0.2, 0.25) is 0 Å². The van der Waals surface area contributed by atoms with Crippen LogP contribution in [0.25, 0.3) is 0 Å². The molecule has 1 aliphatic rings. The number of ether oxygens (including phenoxy) is 2. The summed E-state index contributed by atoms with van der Waals surface area (Å²) in [5.41, 5.74) is 1.77. The fraction of sp³-hybridized carbons (Fsp3) is 0.200. The molecule has 3 aromatic carbocycles. The second-order valence-electron chi connectivity index (χ2n) is 7.58. The summed E-state index contributed by atoms with van der Waals surface area (Å²) in [5, 5.41) is 10.3. The topological polar surface area (TPSA) is 85.3 Å². The highest BCUT2D eigenvalue weighted by atomic mass is 19.1. The Morgan fingerprint density at radius 1 is 1.00 bits per heavy atom. The number of fused-ring (bicyclic) bond motifs is 1. The summed E-state index contributed by atoms with van der Waals surface area (Å²) < 4.78 is 39.4. The molecule has 0 spiro atoms. The Morgan fingerprint density at radius 2 is 1.79 bits per heavy atom. The molecular formula is C25H21F2NO6. The first-order chi connectivity index (χ1) is 16.4. The first kappa shape index (κ1) is 23.2. The summed E-state index contributed by atoms with van der Waals surface area (Å²) in [7, 11) is 0. The summed E-state index contributed by atoms with van der Waals surface area (Å²) in [6, 6.07) is 16.1. The van der Waals surface area contributed by atoms with Gasteiger partial charge in [0.25, 0.3) is 0 Å². The average Bonchev–Trinajstić information content (AvgIpc) is 2.82. The molecule has 0 fully saturated rings. The number of aliphatic carboxylic acids is 1. The molecule has 1 unspecified atom stereocenters. The number of carboxylic acids is 1. The van der Waals surface area contributed by atoms with Gasteiger partial charge >= 0.3 is 12.1 Å². The van der Waals surface area contributed by atoms with Gasteiger partial charge in [0.15, 0.2) is 6.61 Å². The maximum Gasteiger partial charge on any atom is 0.528 e. The fourth-order valence-electron chi connectivity index (χ4n) is 3.87. The van der Waals surface area contributed by atoms with Crippen LogP contribution in [0.4, 0.5) is 13.6 Å². The van der Waals surface area contributed by atoms with Crippen LogP contribution in [0.5, 0.6) is 5.75 Å². The monoisotopic (exact) mass is 469 g/mol. The molecule has 0 amide bonds. The van der Waals surface area contributed by atoms with E-state index in [0.717, 1.165) is 17.7 Å². The molecule has 0 saturated heterocycles. The van der Waals surface area contributed by atoms with Crippen LogP contribution in [0.15, 0.2) is 66.7 Å². The lowest BCUT2D eigenvalue weighted by molar-refractivity contribution is -0.152. The normalized spacial score (nSPS) is 15.3. The number of hydrogen-bond donors (Lipinski definition) is 1. The number of halogens is 2. The second-order valence-corrected chi connectivity index (χ2v) is 7.58. The zero-order valence-corrected chi connectivity index (χ0v) is 17.9. The Bertz CT molecular complexity index is 1190. The number of hydroxylamine groups is 2. The molecule has 34 heavy (non-hydrogen) atoms. The van der Waals surface area contributed by atoms with Crippen molar-refractivity contribution in [1.82, 2.24) is 5.06 Å². The third-order valence-electron chi connectivity index (χ3n) is 5.33. The third-order valence-corrected chi connectivity index (χ3v) is 5.33. The Kier molecular flexibility index (Phi) is 7.03. The highest BCUT2D eigenvalue weighted by Gasteiger charge is 2.35. The molecule has 0 bridgehead atoms. The lowest BCUT2D eigenvalue weighted by Gasteiger charge is -2.36. The molecule has 0 aromatic heterocycles. The smallest absolute Gasteiger partial charge is 0.482 e. The van der Waals surface area contributed by atoms with Crippen molar-refractivity contribution in [2.24, 2.45) is 0 Å². The SMILES string of the molecule is O=C(O)COc1ccc(F)cc1C1c2cccc(F)c2CCN1OC(=O)OCc1ccccc1. The number of nitrogens with zero attached hydrogens (tertiary/aromatic N) is 1. The lowest BCUT2D eigenvalue weighted by Crippen LogP contribution is -2.38. The fourth-order valence-corrected chi connectivity index (χ4v) is 3.87. The first-order valence-corrected chi connectivity index (χ1v) is 10.5. The number of carbonyl (C=O) groups excluding carboxylic acids is 1. The van der Waals surface area contributed by atoms with Gasteiger partial charge in [-0.15, -0.1) is 5.06 Å². The number of carboxylic acid groups (broad SMARTS) is 1. The van der Waals surface area contributed by atoms with Gasteiger partial charge in [0.05, 0.1) is 0 Å². The molecule has 176 valence electrons. The number of hydrogen-bond acceptors (Lipinski definition) is 6. The van der Waals surface area contributed by atoms with Crippen LogP contribution in [0.1, 0.15) is 28.3 Å². The lowest BCUT2D eigenvalue weighted by atomic mass is 9.88. The molecule has 0 saturated carbocycles. The van der Waals surface area contributed by atoms with Crippen LogP contribution in [0, 0.1) is 11.6 Å². The largest absolute Gasteiger partial charge is 0.528 e. The van der Waals surface area contributed by atoms with Gasteiger partial charge in [-0.25, -0.2) is 18.4 Å². The molecule has 1 N–H and O–H groups in total. The highest BCUT2D eigenvalue weighted by Crippen LogP contribution is 2.40. The van der Waals surface area contributed by atoms with Gasteiger partial charge in [0.1, 0.15) is 30.0 Å². The quantitative estimate of drug-likeness (QED) is 0.505. The number of carbonyl (C=O) groups is 2. The summed E-state index contributed by atoms with van der Waals surface area (Å²) in [6.45, 7) is -0.592. The molecule has 7 nitrogen and oxygen atoms in total. The van der Waals surface area contributed by atoms with Gasteiger partial charge in [-0.2, -0.15) is 0 Å².